The Morgan fingerprint density at radius 1 is 1.05 bits per heavy atom. The number of hydrogen-bond donors (Lipinski definition) is 0. The van der Waals surface area contributed by atoms with Crippen molar-refractivity contribution in [1.82, 2.24) is 4.90 Å². The molecule has 2 heterocycles. The predicted molar refractivity (Wildman–Crippen MR) is 92.3 cm³/mol. The lowest BCUT2D eigenvalue weighted by Gasteiger charge is -2.34. The van der Waals surface area contributed by atoms with Gasteiger partial charge in [0, 0.05) is 31.2 Å². The van der Waals surface area contributed by atoms with E-state index in [4.69, 9.17) is 0 Å². The second kappa shape index (κ2) is 5.13. The van der Waals surface area contributed by atoms with Gasteiger partial charge in [-0.25, -0.2) is 0 Å². The molecular formula is C20H24N2. The van der Waals surface area contributed by atoms with E-state index in [0.29, 0.717) is 6.17 Å². The third-order valence-electron chi connectivity index (χ3n) is 5.63. The molecule has 2 aromatic carbocycles. The second-order valence-corrected chi connectivity index (χ2v) is 6.94. The number of likely N-dealkylation sites (tertiary alicyclic amines) is 1. The zero-order chi connectivity index (χ0) is 15.2. The summed E-state index contributed by atoms with van der Waals surface area (Å²) in [4.78, 5) is 5.17. The van der Waals surface area contributed by atoms with E-state index in [1.165, 1.54) is 29.8 Å². The first-order valence-electron chi connectivity index (χ1n) is 8.30. The molecule has 2 nitrogen and oxygen atoms in total. The van der Waals surface area contributed by atoms with Gasteiger partial charge in [0.25, 0.3) is 0 Å². The molecule has 0 aromatic heterocycles. The molecular weight excluding hydrogens is 268 g/mol. The highest BCUT2D eigenvalue weighted by molar-refractivity contribution is 5.64. The summed E-state index contributed by atoms with van der Waals surface area (Å²) in [6.07, 6.45) is 2.90. The van der Waals surface area contributed by atoms with Crippen molar-refractivity contribution in [2.24, 2.45) is 0 Å². The van der Waals surface area contributed by atoms with Gasteiger partial charge in [-0.15, -0.1) is 0 Å². The smallest absolute Gasteiger partial charge is 0.0914 e. The van der Waals surface area contributed by atoms with Crippen LogP contribution in [0.25, 0.3) is 0 Å². The lowest BCUT2D eigenvalue weighted by atomic mass is 9.81. The fourth-order valence-electron chi connectivity index (χ4n) is 4.52. The fourth-order valence-corrected chi connectivity index (χ4v) is 4.52. The molecule has 2 unspecified atom stereocenters. The van der Waals surface area contributed by atoms with E-state index < -0.39 is 0 Å². The lowest BCUT2D eigenvalue weighted by molar-refractivity contribution is 0.226. The van der Waals surface area contributed by atoms with Crippen LogP contribution in [0.1, 0.15) is 24.5 Å². The van der Waals surface area contributed by atoms with Gasteiger partial charge in [-0.3, -0.25) is 4.90 Å². The van der Waals surface area contributed by atoms with Gasteiger partial charge < -0.3 is 4.90 Å². The van der Waals surface area contributed by atoms with Crippen molar-refractivity contribution in [3.63, 3.8) is 0 Å². The molecule has 0 aliphatic carbocycles. The average molecular weight is 292 g/mol. The lowest BCUT2D eigenvalue weighted by Crippen LogP contribution is -2.47. The zero-order valence-electron chi connectivity index (χ0n) is 13.5. The number of fused-ring (bicyclic) bond motifs is 3. The van der Waals surface area contributed by atoms with Crippen molar-refractivity contribution in [2.75, 3.05) is 25.0 Å². The highest BCUT2D eigenvalue weighted by Crippen LogP contribution is 2.51. The molecule has 1 saturated heterocycles. The summed E-state index contributed by atoms with van der Waals surface area (Å²) in [6.45, 7) is 4.79. The van der Waals surface area contributed by atoms with Gasteiger partial charge in [0.15, 0.2) is 0 Å². The third kappa shape index (κ3) is 1.98. The summed E-state index contributed by atoms with van der Waals surface area (Å²) >= 11 is 0. The monoisotopic (exact) mass is 292 g/mol. The van der Waals surface area contributed by atoms with Crippen molar-refractivity contribution < 1.29 is 0 Å². The van der Waals surface area contributed by atoms with E-state index in [-0.39, 0.29) is 5.41 Å². The molecule has 1 fully saturated rings. The molecule has 0 N–H and O–H groups in total. The van der Waals surface area contributed by atoms with Crippen LogP contribution in [-0.4, -0.2) is 31.2 Å². The summed E-state index contributed by atoms with van der Waals surface area (Å²) in [5.74, 6) is 0. The average Bonchev–Trinajstić information content (AvgIpc) is 3.01. The van der Waals surface area contributed by atoms with Crippen LogP contribution in [0.5, 0.6) is 0 Å². The summed E-state index contributed by atoms with van der Waals surface area (Å²) in [6, 6.07) is 19.8. The molecule has 0 bridgehead atoms. The van der Waals surface area contributed by atoms with E-state index in [2.05, 4.69) is 78.4 Å². The van der Waals surface area contributed by atoms with Crippen LogP contribution in [0.2, 0.25) is 0 Å². The predicted octanol–water partition coefficient (Wildman–Crippen LogP) is 3.67. The number of benzene rings is 2. The maximum absolute atomic E-state index is 2.67. The van der Waals surface area contributed by atoms with E-state index in [0.717, 1.165) is 13.0 Å². The Morgan fingerprint density at radius 3 is 2.59 bits per heavy atom. The summed E-state index contributed by atoms with van der Waals surface area (Å²) in [7, 11) is 2.26. The van der Waals surface area contributed by atoms with Gasteiger partial charge in [-0.2, -0.15) is 0 Å². The Balaban J connectivity index is 1.56. The first-order chi connectivity index (χ1) is 10.7. The molecule has 22 heavy (non-hydrogen) atoms. The number of para-hydroxylation sites is 1. The number of hydrogen-bond acceptors (Lipinski definition) is 2. The van der Waals surface area contributed by atoms with Crippen LogP contribution < -0.4 is 4.90 Å². The molecule has 0 spiro atoms. The van der Waals surface area contributed by atoms with Crippen LogP contribution in [0, 0.1) is 0 Å². The van der Waals surface area contributed by atoms with Gasteiger partial charge in [0.05, 0.1) is 6.17 Å². The number of rotatable bonds is 3. The van der Waals surface area contributed by atoms with Crippen LogP contribution in [0.15, 0.2) is 54.6 Å². The quantitative estimate of drug-likeness (QED) is 0.851. The Kier molecular flexibility index (Phi) is 3.23. The summed E-state index contributed by atoms with van der Waals surface area (Å²) in [5, 5.41) is 0. The van der Waals surface area contributed by atoms with Crippen molar-refractivity contribution in [3.8, 4) is 0 Å². The van der Waals surface area contributed by atoms with E-state index in [1.807, 2.05) is 0 Å². The molecule has 0 amide bonds. The Bertz CT molecular complexity index is 666. The fraction of sp³-hybridized carbons (Fsp3) is 0.400. The molecule has 0 saturated carbocycles. The minimum absolute atomic E-state index is 0.280. The normalized spacial score (nSPS) is 27.0. The second-order valence-electron chi connectivity index (χ2n) is 6.94. The van der Waals surface area contributed by atoms with Gasteiger partial charge in [0.2, 0.25) is 0 Å². The first kappa shape index (κ1) is 13.8. The topological polar surface area (TPSA) is 6.48 Å². The first-order valence-corrected chi connectivity index (χ1v) is 8.30. The Labute approximate surface area is 133 Å². The largest absolute Gasteiger partial charge is 0.358 e. The summed E-state index contributed by atoms with van der Waals surface area (Å²) in [5.41, 5.74) is 4.67. The van der Waals surface area contributed by atoms with Crippen molar-refractivity contribution >= 4 is 5.69 Å². The molecule has 2 heteroatoms. The molecule has 2 aromatic rings. The van der Waals surface area contributed by atoms with Gasteiger partial charge in [0.1, 0.15) is 0 Å². The van der Waals surface area contributed by atoms with Crippen LogP contribution in [0.3, 0.4) is 0 Å². The Hall–Kier alpha value is -1.80. The van der Waals surface area contributed by atoms with Crippen LogP contribution >= 0.6 is 0 Å². The molecule has 2 aliphatic rings. The highest BCUT2D eigenvalue weighted by atomic mass is 15.4. The number of anilines is 1. The van der Waals surface area contributed by atoms with Crippen molar-refractivity contribution in [2.45, 2.75) is 31.3 Å². The molecule has 114 valence electrons. The van der Waals surface area contributed by atoms with E-state index in [9.17, 15) is 0 Å². The maximum Gasteiger partial charge on any atom is 0.0914 e. The highest BCUT2D eigenvalue weighted by Gasteiger charge is 2.52. The standard InChI is InChI=1S/C20H24N2/c1-20-13-15-22(14-12-16-8-4-3-5-9-16)19(20)21(2)18-11-7-6-10-17(18)20/h3-11,19H,12-15H2,1-2H3. The van der Waals surface area contributed by atoms with Gasteiger partial charge in [-0.05, 0) is 30.0 Å². The minimum Gasteiger partial charge on any atom is -0.358 e. The molecule has 2 atom stereocenters. The van der Waals surface area contributed by atoms with E-state index >= 15 is 0 Å². The van der Waals surface area contributed by atoms with Crippen molar-refractivity contribution in [3.05, 3.63) is 65.7 Å². The SMILES string of the molecule is CN1c2ccccc2C2(C)CCN(CCc3ccccc3)C12. The van der Waals surface area contributed by atoms with Crippen LogP contribution in [0.4, 0.5) is 5.69 Å². The number of nitrogens with zero attached hydrogens (tertiary/aromatic N) is 2. The molecule has 2 aliphatic heterocycles. The summed E-state index contributed by atoms with van der Waals surface area (Å²) < 4.78 is 0. The van der Waals surface area contributed by atoms with Gasteiger partial charge >= 0.3 is 0 Å². The Morgan fingerprint density at radius 2 is 1.77 bits per heavy atom. The minimum atomic E-state index is 0.280. The maximum atomic E-state index is 2.67. The van der Waals surface area contributed by atoms with E-state index in [1.54, 1.807) is 0 Å². The third-order valence-corrected chi connectivity index (χ3v) is 5.63. The number of likely N-dealkylation sites (N-methyl/N-ethyl adjacent to an activating group) is 1. The van der Waals surface area contributed by atoms with Crippen molar-refractivity contribution in [1.29, 1.82) is 0 Å². The zero-order valence-corrected chi connectivity index (χ0v) is 13.5. The molecule has 0 radical (unpaired) electrons. The molecule has 4 rings (SSSR count). The van der Waals surface area contributed by atoms with Gasteiger partial charge in [-0.1, -0.05) is 55.5 Å². The van der Waals surface area contributed by atoms with Crippen LogP contribution in [-0.2, 0) is 11.8 Å².